The minimum absolute atomic E-state index is 0.0345. The lowest BCUT2D eigenvalue weighted by Crippen LogP contribution is -2.37. The topological polar surface area (TPSA) is 38.3 Å². The van der Waals surface area contributed by atoms with Crippen LogP contribution in [-0.4, -0.2) is 31.5 Å². The zero-order valence-corrected chi connectivity index (χ0v) is 13.2. The Morgan fingerprint density at radius 3 is 2.55 bits per heavy atom. The lowest BCUT2D eigenvalue weighted by molar-refractivity contribution is -0.123. The molecule has 0 saturated heterocycles. The minimum atomic E-state index is -0.197. The van der Waals surface area contributed by atoms with Gasteiger partial charge >= 0.3 is 0 Å². The number of alkyl halides is 1. The lowest BCUT2D eigenvalue weighted by Gasteiger charge is -2.23. The summed E-state index contributed by atoms with van der Waals surface area (Å²) < 4.78 is 4.97. The van der Waals surface area contributed by atoms with Crippen LogP contribution in [0, 0.1) is 5.92 Å². The van der Waals surface area contributed by atoms with E-state index in [1.165, 1.54) is 0 Å². The van der Waals surface area contributed by atoms with Gasteiger partial charge in [0.15, 0.2) is 0 Å². The second-order valence-corrected chi connectivity index (χ2v) is 5.69. The van der Waals surface area contributed by atoms with Gasteiger partial charge in [-0.3, -0.25) is 4.79 Å². The monoisotopic (exact) mass is 297 g/mol. The predicted octanol–water partition coefficient (Wildman–Crippen LogP) is 3.19. The zero-order chi connectivity index (χ0) is 15.0. The Kier molecular flexibility index (Phi) is 7.63. The van der Waals surface area contributed by atoms with Gasteiger partial charge in [0.25, 0.3) is 0 Å². The Morgan fingerprint density at radius 1 is 1.35 bits per heavy atom. The van der Waals surface area contributed by atoms with Gasteiger partial charge in [-0.2, -0.15) is 0 Å². The van der Waals surface area contributed by atoms with Gasteiger partial charge in [-0.25, -0.2) is 0 Å². The highest BCUT2D eigenvalue weighted by molar-refractivity contribution is 6.21. The first-order valence-corrected chi connectivity index (χ1v) is 7.49. The van der Waals surface area contributed by atoms with Crippen LogP contribution in [0.2, 0.25) is 0 Å². The van der Waals surface area contributed by atoms with E-state index in [-0.39, 0.29) is 23.1 Å². The number of rotatable bonds is 8. The third kappa shape index (κ3) is 5.14. The summed E-state index contributed by atoms with van der Waals surface area (Å²) in [6.45, 7) is 5.06. The van der Waals surface area contributed by atoms with Crippen LogP contribution in [0.3, 0.4) is 0 Å². The Balaban J connectivity index is 2.71. The molecule has 1 rings (SSSR count). The second kappa shape index (κ2) is 8.98. The molecule has 112 valence electrons. The van der Waals surface area contributed by atoms with Crippen molar-refractivity contribution in [2.24, 2.45) is 5.92 Å². The lowest BCUT2D eigenvalue weighted by atomic mass is 9.85. The number of benzene rings is 1. The summed E-state index contributed by atoms with van der Waals surface area (Å²) in [5.74, 6) is 0.188. The van der Waals surface area contributed by atoms with E-state index < -0.39 is 0 Å². The first-order valence-electron chi connectivity index (χ1n) is 7.05. The smallest absolute Gasteiger partial charge is 0.227 e. The van der Waals surface area contributed by atoms with Crippen molar-refractivity contribution < 1.29 is 9.53 Å². The summed E-state index contributed by atoms with van der Waals surface area (Å²) in [5.41, 5.74) is 1.05. The normalized spacial score (nSPS) is 15.4. The standard InChI is InChI=1S/C16H24ClNO2/c1-4-12(2)15(13-8-6-5-7-9-13)16(19)18-10-14(17)11-20-3/h5-9,12,14-15H,4,10-11H2,1-3H3,(H,18,19). The summed E-state index contributed by atoms with van der Waals surface area (Å²) in [6.07, 6.45) is 0.954. The average Bonchev–Trinajstić information content (AvgIpc) is 2.46. The number of amides is 1. The number of hydrogen-bond acceptors (Lipinski definition) is 2. The maximum absolute atomic E-state index is 12.4. The fourth-order valence-corrected chi connectivity index (χ4v) is 2.40. The van der Waals surface area contributed by atoms with Crippen molar-refractivity contribution in [3.63, 3.8) is 0 Å². The van der Waals surface area contributed by atoms with Crippen molar-refractivity contribution in [3.05, 3.63) is 35.9 Å². The first-order chi connectivity index (χ1) is 9.60. The number of nitrogens with one attached hydrogen (secondary N) is 1. The van der Waals surface area contributed by atoms with Crippen LogP contribution in [0.1, 0.15) is 31.7 Å². The number of ether oxygens (including phenoxy) is 1. The summed E-state index contributed by atoms with van der Waals surface area (Å²) in [7, 11) is 1.60. The fourth-order valence-electron chi connectivity index (χ4n) is 2.20. The summed E-state index contributed by atoms with van der Waals surface area (Å²) >= 11 is 6.05. The van der Waals surface area contributed by atoms with Crippen molar-refractivity contribution in [2.75, 3.05) is 20.3 Å². The van der Waals surface area contributed by atoms with Crippen molar-refractivity contribution in [3.8, 4) is 0 Å². The van der Waals surface area contributed by atoms with Crippen LogP contribution in [0.4, 0.5) is 0 Å². The van der Waals surface area contributed by atoms with Crippen LogP contribution in [0.5, 0.6) is 0 Å². The highest BCUT2D eigenvalue weighted by Gasteiger charge is 2.25. The Labute approximate surface area is 126 Å². The molecule has 0 radical (unpaired) electrons. The Hall–Kier alpha value is -1.06. The van der Waals surface area contributed by atoms with Crippen LogP contribution in [0.25, 0.3) is 0 Å². The SMILES string of the molecule is CCC(C)C(C(=O)NCC(Cl)COC)c1ccccc1. The predicted molar refractivity (Wildman–Crippen MR) is 83.2 cm³/mol. The van der Waals surface area contributed by atoms with Gasteiger partial charge in [-0.1, -0.05) is 50.6 Å². The molecular formula is C16H24ClNO2. The molecule has 0 bridgehead atoms. The molecule has 3 nitrogen and oxygen atoms in total. The second-order valence-electron chi connectivity index (χ2n) is 5.07. The van der Waals surface area contributed by atoms with E-state index in [9.17, 15) is 4.79 Å². The molecule has 20 heavy (non-hydrogen) atoms. The molecule has 1 N–H and O–H groups in total. The van der Waals surface area contributed by atoms with E-state index in [0.29, 0.717) is 13.2 Å². The molecule has 0 aromatic heterocycles. The van der Waals surface area contributed by atoms with Gasteiger partial charge in [-0.15, -0.1) is 11.6 Å². The van der Waals surface area contributed by atoms with Crippen molar-refractivity contribution >= 4 is 17.5 Å². The molecule has 0 aliphatic heterocycles. The molecule has 3 atom stereocenters. The number of halogens is 1. The first kappa shape index (κ1) is 17.0. The highest BCUT2D eigenvalue weighted by atomic mass is 35.5. The van der Waals surface area contributed by atoms with E-state index in [1.807, 2.05) is 30.3 Å². The van der Waals surface area contributed by atoms with Gasteiger partial charge in [0.05, 0.1) is 17.9 Å². The minimum Gasteiger partial charge on any atom is -0.383 e. The molecule has 0 heterocycles. The molecule has 4 heteroatoms. The number of carbonyl (C=O) groups excluding carboxylic acids is 1. The summed E-state index contributed by atoms with van der Waals surface area (Å²) in [5, 5.41) is 2.73. The van der Waals surface area contributed by atoms with Gasteiger partial charge < -0.3 is 10.1 Å². The largest absolute Gasteiger partial charge is 0.383 e. The molecule has 0 fully saturated rings. The van der Waals surface area contributed by atoms with Crippen molar-refractivity contribution in [1.82, 2.24) is 5.32 Å². The molecular weight excluding hydrogens is 274 g/mol. The highest BCUT2D eigenvalue weighted by Crippen LogP contribution is 2.27. The van der Waals surface area contributed by atoms with Gasteiger partial charge in [0.2, 0.25) is 5.91 Å². The van der Waals surface area contributed by atoms with Gasteiger partial charge in [0.1, 0.15) is 0 Å². The molecule has 1 aromatic rings. The van der Waals surface area contributed by atoms with Crippen LogP contribution in [0.15, 0.2) is 30.3 Å². The van der Waals surface area contributed by atoms with Crippen LogP contribution >= 0.6 is 11.6 Å². The van der Waals surface area contributed by atoms with Gasteiger partial charge in [-0.05, 0) is 11.5 Å². The molecule has 1 amide bonds. The number of methoxy groups -OCH3 is 1. The molecule has 0 saturated carbocycles. The van der Waals surface area contributed by atoms with E-state index in [4.69, 9.17) is 16.3 Å². The molecule has 1 aromatic carbocycles. The molecule has 3 unspecified atom stereocenters. The van der Waals surface area contributed by atoms with E-state index >= 15 is 0 Å². The third-order valence-electron chi connectivity index (χ3n) is 3.50. The quantitative estimate of drug-likeness (QED) is 0.748. The summed E-state index contributed by atoms with van der Waals surface area (Å²) in [6, 6.07) is 9.90. The maximum Gasteiger partial charge on any atom is 0.227 e. The number of carbonyl (C=O) groups is 1. The van der Waals surface area contributed by atoms with Crippen LogP contribution in [-0.2, 0) is 9.53 Å². The zero-order valence-electron chi connectivity index (χ0n) is 12.4. The van der Waals surface area contributed by atoms with E-state index in [2.05, 4.69) is 19.2 Å². The number of hydrogen-bond donors (Lipinski definition) is 1. The third-order valence-corrected chi connectivity index (χ3v) is 3.78. The van der Waals surface area contributed by atoms with E-state index in [0.717, 1.165) is 12.0 Å². The molecule has 0 spiro atoms. The van der Waals surface area contributed by atoms with Gasteiger partial charge in [0, 0.05) is 13.7 Å². The molecule has 0 aliphatic rings. The average molecular weight is 298 g/mol. The summed E-state index contributed by atoms with van der Waals surface area (Å²) in [4.78, 5) is 12.4. The maximum atomic E-state index is 12.4. The van der Waals surface area contributed by atoms with Crippen molar-refractivity contribution in [1.29, 1.82) is 0 Å². The van der Waals surface area contributed by atoms with Crippen molar-refractivity contribution in [2.45, 2.75) is 31.6 Å². The van der Waals surface area contributed by atoms with Crippen LogP contribution < -0.4 is 5.32 Å². The van der Waals surface area contributed by atoms with E-state index in [1.54, 1.807) is 7.11 Å². The fraction of sp³-hybridized carbons (Fsp3) is 0.562. The molecule has 0 aliphatic carbocycles. The Morgan fingerprint density at radius 2 is 2.00 bits per heavy atom. The Bertz CT molecular complexity index is 397.